The summed E-state index contributed by atoms with van der Waals surface area (Å²) in [6, 6.07) is 13.7. The zero-order valence-electron chi connectivity index (χ0n) is 18.3. The first-order valence-electron chi connectivity index (χ1n) is 11.0. The summed E-state index contributed by atoms with van der Waals surface area (Å²) in [4.78, 5) is 29.4. The Kier molecular flexibility index (Phi) is 7.29. The van der Waals surface area contributed by atoms with E-state index in [-0.39, 0.29) is 12.6 Å². The Morgan fingerprint density at radius 1 is 1.03 bits per heavy atom. The summed E-state index contributed by atoms with van der Waals surface area (Å²) in [5.41, 5.74) is 4.63. The van der Waals surface area contributed by atoms with Crippen LogP contribution in [0.4, 0.5) is 5.69 Å². The minimum Gasteiger partial charge on any atom is -0.379 e. The monoisotopic (exact) mass is 456 g/mol. The van der Waals surface area contributed by atoms with Gasteiger partial charge in [0.05, 0.1) is 19.3 Å². The molecule has 2 amide bonds. The minimum absolute atomic E-state index is 0.0110. The van der Waals surface area contributed by atoms with E-state index >= 15 is 0 Å². The zero-order chi connectivity index (χ0) is 22.5. The number of carbonyl (C=O) groups excluding carboxylic acids is 2. The van der Waals surface area contributed by atoms with Crippen LogP contribution in [0.3, 0.4) is 0 Å². The lowest BCUT2D eigenvalue weighted by Gasteiger charge is -2.35. The fourth-order valence-electron chi connectivity index (χ4n) is 4.28. The van der Waals surface area contributed by atoms with Crippen LogP contribution in [0.1, 0.15) is 22.7 Å². The molecule has 2 aliphatic rings. The molecule has 170 valence electrons. The Balaban J connectivity index is 1.39. The van der Waals surface area contributed by atoms with E-state index in [1.54, 1.807) is 12.1 Å². The van der Waals surface area contributed by atoms with Gasteiger partial charge in [0.15, 0.2) is 0 Å². The number of ether oxygens (including phenoxy) is 1. The molecule has 2 aromatic rings. The summed E-state index contributed by atoms with van der Waals surface area (Å²) in [6.45, 7) is 4.57. The van der Waals surface area contributed by atoms with Crippen LogP contribution in [0.15, 0.2) is 42.5 Å². The zero-order valence-corrected chi connectivity index (χ0v) is 19.0. The minimum atomic E-state index is -0.642. The highest BCUT2D eigenvalue weighted by Crippen LogP contribution is 2.31. The molecule has 1 atom stereocenters. The van der Waals surface area contributed by atoms with E-state index in [1.807, 2.05) is 12.1 Å². The molecule has 2 N–H and O–H groups in total. The average molecular weight is 457 g/mol. The van der Waals surface area contributed by atoms with Crippen LogP contribution in [-0.2, 0) is 27.3 Å². The molecule has 0 aliphatic carbocycles. The van der Waals surface area contributed by atoms with Crippen LogP contribution in [0.25, 0.3) is 0 Å². The van der Waals surface area contributed by atoms with Crippen molar-refractivity contribution in [3.05, 3.63) is 64.2 Å². The third-order valence-corrected chi connectivity index (χ3v) is 6.38. The normalized spacial score (nSPS) is 17.0. The largest absolute Gasteiger partial charge is 0.379 e. The van der Waals surface area contributed by atoms with Gasteiger partial charge in [-0.3, -0.25) is 14.5 Å². The lowest BCUT2D eigenvalue weighted by molar-refractivity contribution is -0.139. The second-order valence-electron chi connectivity index (χ2n) is 8.24. The molecule has 8 heteroatoms. The van der Waals surface area contributed by atoms with E-state index in [2.05, 4.69) is 45.7 Å². The number of benzene rings is 2. The predicted octanol–water partition coefficient (Wildman–Crippen LogP) is 2.14. The maximum absolute atomic E-state index is 12.5. The Morgan fingerprint density at radius 3 is 2.50 bits per heavy atom. The number of nitrogens with zero attached hydrogens (tertiary/aromatic N) is 2. The highest BCUT2D eigenvalue weighted by Gasteiger charge is 2.26. The van der Waals surface area contributed by atoms with Gasteiger partial charge in [0.2, 0.25) is 0 Å². The van der Waals surface area contributed by atoms with Gasteiger partial charge in [0.1, 0.15) is 0 Å². The van der Waals surface area contributed by atoms with Gasteiger partial charge in [-0.1, -0.05) is 35.9 Å². The summed E-state index contributed by atoms with van der Waals surface area (Å²) in [5, 5.41) is 6.13. The van der Waals surface area contributed by atoms with Gasteiger partial charge >= 0.3 is 11.8 Å². The number of rotatable bonds is 6. The number of amides is 2. The van der Waals surface area contributed by atoms with Crippen molar-refractivity contribution in [1.82, 2.24) is 15.5 Å². The number of fused-ring (bicyclic) bond motifs is 1. The Morgan fingerprint density at radius 2 is 1.75 bits per heavy atom. The van der Waals surface area contributed by atoms with Crippen molar-refractivity contribution in [2.45, 2.75) is 19.0 Å². The summed E-state index contributed by atoms with van der Waals surface area (Å²) in [5.74, 6) is -1.27. The predicted molar refractivity (Wildman–Crippen MR) is 125 cm³/mol. The molecule has 2 heterocycles. The summed E-state index contributed by atoms with van der Waals surface area (Å²) in [7, 11) is 2.10. The SMILES string of the molecule is CN1CCc2cc([C@H](CNC(=O)C(=O)NCc3ccc(Cl)cc3)N3CCOCC3)ccc21. The topological polar surface area (TPSA) is 73.9 Å². The van der Waals surface area contributed by atoms with Crippen LogP contribution in [-0.4, -0.2) is 63.2 Å². The molecule has 4 rings (SSSR count). The fourth-order valence-corrected chi connectivity index (χ4v) is 4.40. The molecule has 1 fully saturated rings. The van der Waals surface area contributed by atoms with E-state index in [4.69, 9.17) is 16.3 Å². The standard InChI is InChI=1S/C24H29ClN4O3/c1-28-9-8-19-14-18(4-7-21(19)28)22(29-10-12-32-13-11-29)16-27-24(31)23(30)26-15-17-2-5-20(25)6-3-17/h2-7,14,22H,8-13,15-16H2,1H3,(H,26,30)(H,27,31)/t22-/m0/s1. The van der Waals surface area contributed by atoms with Crippen molar-refractivity contribution in [2.24, 2.45) is 0 Å². The molecular weight excluding hydrogens is 428 g/mol. The highest BCUT2D eigenvalue weighted by atomic mass is 35.5. The van der Waals surface area contributed by atoms with Crippen molar-refractivity contribution in [2.75, 3.05) is 51.3 Å². The first-order chi connectivity index (χ1) is 15.5. The number of likely N-dealkylation sites (N-methyl/N-ethyl adjacent to an activating group) is 1. The lowest BCUT2D eigenvalue weighted by atomic mass is 10.0. The first kappa shape index (κ1) is 22.6. The summed E-state index contributed by atoms with van der Waals surface area (Å²) >= 11 is 5.88. The number of morpholine rings is 1. The quantitative estimate of drug-likeness (QED) is 0.651. The van der Waals surface area contributed by atoms with Gasteiger partial charge in [0, 0.05) is 50.5 Å². The van der Waals surface area contributed by atoms with Gasteiger partial charge in [-0.2, -0.15) is 0 Å². The van der Waals surface area contributed by atoms with Crippen molar-refractivity contribution in [3.8, 4) is 0 Å². The van der Waals surface area contributed by atoms with Gasteiger partial charge in [-0.15, -0.1) is 0 Å². The van der Waals surface area contributed by atoms with E-state index < -0.39 is 11.8 Å². The molecule has 7 nitrogen and oxygen atoms in total. The molecule has 1 saturated heterocycles. The highest BCUT2D eigenvalue weighted by molar-refractivity contribution is 6.35. The molecule has 0 bridgehead atoms. The van der Waals surface area contributed by atoms with Crippen LogP contribution in [0, 0.1) is 0 Å². The number of hydrogen-bond donors (Lipinski definition) is 2. The van der Waals surface area contributed by atoms with Gasteiger partial charge in [-0.05, 0) is 41.3 Å². The lowest BCUT2D eigenvalue weighted by Crippen LogP contribution is -2.46. The molecule has 32 heavy (non-hydrogen) atoms. The van der Waals surface area contributed by atoms with Gasteiger partial charge in [-0.25, -0.2) is 0 Å². The molecule has 0 aromatic heterocycles. The van der Waals surface area contributed by atoms with Crippen LogP contribution in [0.2, 0.25) is 5.02 Å². The number of carbonyl (C=O) groups is 2. The van der Waals surface area contributed by atoms with Crippen LogP contribution >= 0.6 is 11.6 Å². The van der Waals surface area contributed by atoms with Gasteiger partial charge in [0.25, 0.3) is 0 Å². The van der Waals surface area contributed by atoms with Crippen molar-refractivity contribution in [3.63, 3.8) is 0 Å². The Bertz CT molecular complexity index is 960. The van der Waals surface area contributed by atoms with Crippen molar-refractivity contribution < 1.29 is 14.3 Å². The second-order valence-corrected chi connectivity index (χ2v) is 8.68. The van der Waals surface area contributed by atoms with Crippen molar-refractivity contribution >= 4 is 29.1 Å². The number of nitrogens with one attached hydrogen (secondary N) is 2. The molecule has 0 spiro atoms. The Hall–Kier alpha value is -2.61. The molecule has 0 unspecified atom stereocenters. The fraction of sp³-hybridized carbons (Fsp3) is 0.417. The third-order valence-electron chi connectivity index (χ3n) is 6.13. The van der Waals surface area contributed by atoms with Crippen LogP contribution < -0.4 is 15.5 Å². The second kappa shape index (κ2) is 10.3. The third kappa shape index (κ3) is 5.41. The molecule has 2 aliphatic heterocycles. The van der Waals surface area contributed by atoms with Crippen molar-refractivity contribution in [1.29, 1.82) is 0 Å². The number of anilines is 1. The number of halogens is 1. The van der Waals surface area contributed by atoms with Gasteiger partial charge < -0.3 is 20.3 Å². The average Bonchev–Trinajstić information content (AvgIpc) is 3.19. The van der Waals surface area contributed by atoms with E-state index in [0.717, 1.165) is 37.2 Å². The maximum atomic E-state index is 12.5. The summed E-state index contributed by atoms with van der Waals surface area (Å²) in [6.07, 6.45) is 1.02. The molecule has 2 aromatic carbocycles. The molecular formula is C24H29ClN4O3. The Labute approximate surface area is 193 Å². The summed E-state index contributed by atoms with van der Waals surface area (Å²) < 4.78 is 5.51. The van der Waals surface area contributed by atoms with E-state index in [0.29, 0.717) is 24.8 Å². The molecule has 0 radical (unpaired) electrons. The van der Waals surface area contributed by atoms with E-state index in [9.17, 15) is 9.59 Å². The maximum Gasteiger partial charge on any atom is 0.309 e. The van der Waals surface area contributed by atoms with E-state index in [1.165, 1.54) is 11.3 Å². The number of hydrogen-bond acceptors (Lipinski definition) is 5. The first-order valence-corrected chi connectivity index (χ1v) is 11.4. The van der Waals surface area contributed by atoms with Crippen LogP contribution in [0.5, 0.6) is 0 Å². The smallest absolute Gasteiger partial charge is 0.309 e. The molecule has 0 saturated carbocycles.